The van der Waals surface area contributed by atoms with Crippen molar-refractivity contribution in [2.75, 3.05) is 4.72 Å². The zero-order valence-corrected chi connectivity index (χ0v) is 10.6. The summed E-state index contributed by atoms with van der Waals surface area (Å²) in [5, 5.41) is 18.1. The maximum Gasteiger partial charge on any atom is 0.296 e. The molecule has 0 heterocycles. The SMILES string of the molecule is CCC(C#N)S(=O)(=O)Nc1ccc(F)cc1[N+](=O)[O-]. The number of sulfonamides is 1. The minimum Gasteiger partial charge on any atom is -0.276 e. The average Bonchev–Trinajstić information content (AvgIpc) is 2.32. The zero-order valence-electron chi connectivity index (χ0n) is 9.83. The zero-order chi connectivity index (χ0) is 14.6. The first-order chi connectivity index (χ1) is 8.81. The molecular weight excluding hydrogens is 277 g/mol. The topological polar surface area (TPSA) is 113 Å². The second-order valence-corrected chi connectivity index (χ2v) is 5.45. The molecule has 1 rings (SSSR count). The molecule has 0 fully saturated rings. The Morgan fingerprint density at radius 1 is 1.58 bits per heavy atom. The maximum atomic E-state index is 12.9. The van der Waals surface area contributed by atoms with Gasteiger partial charge in [0.25, 0.3) is 5.69 Å². The maximum absolute atomic E-state index is 12.9. The fourth-order valence-electron chi connectivity index (χ4n) is 1.35. The van der Waals surface area contributed by atoms with Crippen molar-refractivity contribution in [1.29, 1.82) is 5.26 Å². The van der Waals surface area contributed by atoms with Crippen LogP contribution < -0.4 is 4.72 Å². The van der Waals surface area contributed by atoms with Crippen molar-refractivity contribution >= 4 is 21.4 Å². The largest absolute Gasteiger partial charge is 0.296 e. The number of nitriles is 1. The normalized spacial score (nSPS) is 12.5. The van der Waals surface area contributed by atoms with Crippen molar-refractivity contribution in [2.24, 2.45) is 0 Å². The lowest BCUT2D eigenvalue weighted by atomic mass is 10.3. The van der Waals surface area contributed by atoms with Crippen LogP contribution in [0.3, 0.4) is 0 Å². The molecule has 0 saturated carbocycles. The van der Waals surface area contributed by atoms with E-state index in [2.05, 4.69) is 0 Å². The molecule has 1 aromatic carbocycles. The third kappa shape index (κ3) is 3.38. The summed E-state index contributed by atoms with van der Waals surface area (Å²) in [6.45, 7) is 1.49. The minimum absolute atomic E-state index is 0.0286. The first kappa shape index (κ1) is 14.8. The monoisotopic (exact) mass is 287 g/mol. The van der Waals surface area contributed by atoms with Gasteiger partial charge in [-0.25, -0.2) is 12.8 Å². The Bertz CT molecular complexity index is 639. The highest BCUT2D eigenvalue weighted by Gasteiger charge is 2.26. The highest BCUT2D eigenvalue weighted by atomic mass is 32.2. The third-order valence-corrected chi connectivity index (χ3v) is 3.99. The Labute approximate surface area is 108 Å². The minimum atomic E-state index is -4.08. The molecule has 1 atom stereocenters. The number of nitro groups is 1. The van der Waals surface area contributed by atoms with Crippen LogP contribution in [-0.4, -0.2) is 18.6 Å². The number of nitro benzene ring substituents is 1. The smallest absolute Gasteiger partial charge is 0.276 e. The van der Waals surface area contributed by atoms with Crippen LogP contribution in [0.1, 0.15) is 13.3 Å². The molecule has 0 aliphatic heterocycles. The van der Waals surface area contributed by atoms with Crippen LogP contribution in [-0.2, 0) is 10.0 Å². The average molecular weight is 287 g/mol. The van der Waals surface area contributed by atoms with Crippen molar-refractivity contribution < 1.29 is 17.7 Å². The number of rotatable bonds is 5. The second kappa shape index (κ2) is 5.62. The van der Waals surface area contributed by atoms with Gasteiger partial charge in [0.1, 0.15) is 11.5 Å². The van der Waals surface area contributed by atoms with Crippen LogP contribution in [0, 0.1) is 27.3 Å². The lowest BCUT2D eigenvalue weighted by Gasteiger charge is -2.11. The Kier molecular flexibility index (Phi) is 4.39. The van der Waals surface area contributed by atoms with Gasteiger partial charge in [0, 0.05) is 0 Å². The molecule has 0 aliphatic rings. The lowest BCUT2D eigenvalue weighted by Crippen LogP contribution is -2.26. The van der Waals surface area contributed by atoms with Crippen LogP contribution in [0.15, 0.2) is 18.2 Å². The molecule has 1 unspecified atom stereocenters. The standard InChI is InChI=1S/C10H10FN3O4S/c1-2-8(6-12)19(17,18)13-9-4-3-7(11)5-10(9)14(15)16/h3-5,8,13H,2H2,1H3. The fraction of sp³-hybridized carbons (Fsp3) is 0.300. The van der Waals surface area contributed by atoms with Gasteiger partial charge in [0.05, 0.1) is 17.1 Å². The molecule has 9 heteroatoms. The molecule has 0 saturated heterocycles. The molecule has 0 spiro atoms. The molecule has 0 amide bonds. The number of benzene rings is 1. The van der Waals surface area contributed by atoms with Crippen LogP contribution in [0.4, 0.5) is 15.8 Å². The summed E-state index contributed by atoms with van der Waals surface area (Å²) >= 11 is 0. The van der Waals surface area contributed by atoms with Gasteiger partial charge in [0.2, 0.25) is 10.0 Å². The van der Waals surface area contributed by atoms with Gasteiger partial charge in [-0.15, -0.1) is 0 Å². The van der Waals surface area contributed by atoms with Gasteiger partial charge in [-0.3, -0.25) is 14.8 Å². The van der Waals surface area contributed by atoms with E-state index in [1.165, 1.54) is 6.92 Å². The number of nitrogens with zero attached hydrogens (tertiary/aromatic N) is 2. The van der Waals surface area contributed by atoms with E-state index in [9.17, 15) is 22.9 Å². The Balaban J connectivity index is 3.21. The van der Waals surface area contributed by atoms with Crippen molar-refractivity contribution in [1.82, 2.24) is 0 Å². The summed E-state index contributed by atoms with van der Waals surface area (Å²) in [7, 11) is -4.08. The summed E-state index contributed by atoms with van der Waals surface area (Å²) in [5.41, 5.74) is -1.09. The van der Waals surface area contributed by atoms with E-state index in [0.717, 1.165) is 12.1 Å². The van der Waals surface area contributed by atoms with Crippen LogP contribution >= 0.6 is 0 Å². The molecule has 0 radical (unpaired) electrons. The molecule has 19 heavy (non-hydrogen) atoms. The predicted molar refractivity (Wildman–Crippen MR) is 65.3 cm³/mol. The van der Waals surface area contributed by atoms with E-state index in [1.807, 2.05) is 4.72 Å². The van der Waals surface area contributed by atoms with Crippen LogP contribution in [0.25, 0.3) is 0 Å². The Morgan fingerprint density at radius 3 is 2.68 bits per heavy atom. The molecule has 7 nitrogen and oxygen atoms in total. The number of hydrogen-bond donors (Lipinski definition) is 1. The van der Waals surface area contributed by atoms with Gasteiger partial charge < -0.3 is 0 Å². The van der Waals surface area contributed by atoms with E-state index in [0.29, 0.717) is 6.07 Å². The highest BCUT2D eigenvalue weighted by molar-refractivity contribution is 7.93. The molecular formula is C10H10FN3O4S. The van der Waals surface area contributed by atoms with E-state index in [-0.39, 0.29) is 12.1 Å². The van der Waals surface area contributed by atoms with E-state index >= 15 is 0 Å². The molecule has 102 valence electrons. The Hall–Kier alpha value is -2.21. The van der Waals surface area contributed by atoms with E-state index in [1.54, 1.807) is 6.07 Å². The first-order valence-corrected chi connectivity index (χ1v) is 6.71. The number of hydrogen-bond acceptors (Lipinski definition) is 5. The van der Waals surface area contributed by atoms with Crippen molar-refractivity contribution in [3.05, 3.63) is 34.1 Å². The number of nitrogens with one attached hydrogen (secondary N) is 1. The number of anilines is 1. The molecule has 0 aliphatic carbocycles. The molecule has 0 bridgehead atoms. The third-order valence-electron chi connectivity index (χ3n) is 2.30. The fourth-order valence-corrected chi connectivity index (χ4v) is 2.55. The molecule has 0 aromatic heterocycles. The molecule has 1 aromatic rings. The summed E-state index contributed by atoms with van der Waals surface area (Å²) in [5.74, 6) is -0.859. The quantitative estimate of drug-likeness (QED) is 0.655. The highest BCUT2D eigenvalue weighted by Crippen LogP contribution is 2.26. The summed E-state index contributed by atoms with van der Waals surface area (Å²) in [4.78, 5) is 9.80. The van der Waals surface area contributed by atoms with Gasteiger partial charge in [0.15, 0.2) is 5.25 Å². The predicted octanol–water partition coefficient (Wildman–Crippen LogP) is 1.78. The van der Waals surface area contributed by atoms with Gasteiger partial charge >= 0.3 is 0 Å². The van der Waals surface area contributed by atoms with Crippen LogP contribution in [0.2, 0.25) is 0 Å². The van der Waals surface area contributed by atoms with Crippen LogP contribution in [0.5, 0.6) is 0 Å². The van der Waals surface area contributed by atoms with Gasteiger partial charge in [-0.1, -0.05) is 6.92 Å². The summed E-state index contributed by atoms with van der Waals surface area (Å²) in [6.07, 6.45) is 0.0286. The number of halogens is 1. The van der Waals surface area contributed by atoms with Crippen molar-refractivity contribution in [2.45, 2.75) is 18.6 Å². The first-order valence-electron chi connectivity index (χ1n) is 5.17. The summed E-state index contributed by atoms with van der Waals surface area (Å²) < 4.78 is 38.4. The second-order valence-electron chi connectivity index (χ2n) is 3.59. The van der Waals surface area contributed by atoms with E-state index in [4.69, 9.17) is 5.26 Å². The van der Waals surface area contributed by atoms with Crippen molar-refractivity contribution in [3.63, 3.8) is 0 Å². The van der Waals surface area contributed by atoms with E-state index < -0.39 is 31.7 Å². The Morgan fingerprint density at radius 2 is 2.21 bits per heavy atom. The lowest BCUT2D eigenvalue weighted by molar-refractivity contribution is -0.384. The van der Waals surface area contributed by atoms with Gasteiger partial charge in [-0.2, -0.15) is 5.26 Å². The molecule has 1 N–H and O–H groups in total. The van der Waals surface area contributed by atoms with Gasteiger partial charge in [-0.05, 0) is 18.6 Å². The van der Waals surface area contributed by atoms with Crippen molar-refractivity contribution in [3.8, 4) is 6.07 Å². The summed E-state index contributed by atoms with van der Waals surface area (Å²) in [6, 6.07) is 4.01.